The van der Waals surface area contributed by atoms with Gasteiger partial charge in [-0.1, -0.05) is 32.0 Å². The number of hydrogen-bond acceptors (Lipinski definition) is 3. The molecule has 1 rings (SSSR count). The number of carbonyl (C=O) groups excluding carboxylic acids is 1. The predicted octanol–water partition coefficient (Wildman–Crippen LogP) is 2.83. The number of nitrogens with one attached hydrogen (secondary N) is 1. The van der Waals surface area contributed by atoms with E-state index in [-0.39, 0.29) is 23.9 Å². The summed E-state index contributed by atoms with van der Waals surface area (Å²) < 4.78 is 0. The molecule has 0 aromatic heterocycles. The second-order valence-corrected chi connectivity index (χ2v) is 5.39. The summed E-state index contributed by atoms with van der Waals surface area (Å²) >= 11 is 1.55. The van der Waals surface area contributed by atoms with Crippen molar-refractivity contribution in [1.29, 1.82) is 0 Å². The predicted molar refractivity (Wildman–Crippen MR) is 84.9 cm³/mol. The number of halogens is 1. The van der Waals surface area contributed by atoms with E-state index in [4.69, 9.17) is 5.73 Å². The molecule has 0 heterocycles. The summed E-state index contributed by atoms with van der Waals surface area (Å²) in [4.78, 5) is 13.0. The van der Waals surface area contributed by atoms with Gasteiger partial charge in [0, 0.05) is 11.4 Å². The number of benzene rings is 1. The maximum atomic E-state index is 11.9. The van der Waals surface area contributed by atoms with Crippen LogP contribution in [0.4, 0.5) is 0 Å². The molecule has 1 aromatic rings. The average Bonchev–Trinajstić information content (AvgIpc) is 2.44. The number of nitrogens with two attached hydrogens (primary N) is 1. The van der Waals surface area contributed by atoms with E-state index < -0.39 is 0 Å². The van der Waals surface area contributed by atoms with Crippen molar-refractivity contribution in [2.24, 2.45) is 5.73 Å². The Morgan fingerprint density at radius 2 is 1.84 bits per heavy atom. The zero-order valence-corrected chi connectivity index (χ0v) is 13.2. The van der Waals surface area contributed by atoms with Crippen molar-refractivity contribution in [1.82, 2.24) is 5.32 Å². The number of amides is 1. The van der Waals surface area contributed by atoms with Crippen LogP contribution >= 0.6 is 24.2 Å². The first-order valence-electron chi connectivity index (χ1n) is 6.34. The van der Waals surface area contributed by atoms with E-state index >= 15 is 0 Å². The Morgan fingerprint density at radius 3 is 2.32 bits per heavy atom. The fraction of sp³-hybridized carbons (Fsp3) is 0.500. The van der Waals surface area contributed by atoms with Crippen LogP contribution in [0.2, 0.25) is 0 Å². The van der Waals surface area contributed by atoms with Crippen LogP contribution in [0.5, 0.6) is 0 Å². The fourth-order valence-corrected chi connectivity index (χ4v) is 2.48. The van der Waals surface area contributed by atoms with Crippen LogP contribution < -0.4 is 11.1 Å². The summed E-state index contributed by atoms with van der Waals surface area (Å²) in [5.41, 5.74) is 5.52. The van der Waals surface area contributed by atoms with E-state index in [1.54, 1.807) is 11.8 Å². The van der Waals surface area contributed by atoms with Crippen molar-refractivity contribution in [2.75, 3.05) is 12.3 Å². The summed E-state index contributed by atoms with van der Waals surface area (Å²) in [7, 11) is 0. The van der Waals surface area contributed by atoms with Crippen LogP contribution in [-0.2, 0) is 4.79 Å². The summed E-state index contributed by atoms with van der Waals surface area (Å²) in [5, 5.41) is 3.07. The molecule has 0 atom stereocenters. The highest BCUT2D eigenvalue weighted by Gasteiger charge is 2.25. The molecule has 3 nitrogen and oxygen atoms in total. The molecule has 0 unspecified atom stereocenters. The van der Waals surface area contributed by atoms with Gasteiger partial charge in [-0.3, -0.25) is 4.79 Å². The second-order valence-electron chi connectivity index (χ2n) is 4.34. The van der Waals surface area contributed by atoms with Gasteiger partial charge in [0.1, 0.15) is 0 Å². The summed E-state index contributed by atoms with van der Waals surface area (Å²) in [5.74, 6) is 0.490. The van der Waals surface area contributed by atoms with Crippen LogP contribution in [0.1, 0.15) is 26.7 Å². The standard InChI is InChI=1S/C14H22N2OS.ClH/c1-3-14(4-2,11-15)16-13(17)10-18-12-8-6-5-7-9-12;/h5-9H,3-4,10-11,15H2,1-2H3,(H,16,17);1H. The Hall–Kier alpha value is -0.710. The highest BCUT2D eigenvalue weighted by atomic mass is 35.5. The molecule has 0 spiro atoms. The minimum absolute atomic E-state index is 0. The third-order valence-electron chi connectivity index (χ3n) is 3.26. The lowest BCUT2D eigenvalue weighted by molar-refractivity contribution is -0.120. The molecule has 1 amide bonds. The first-order chi connectivity index (χ1) is 8.65. The molecule has 108 valence electrons. The van der Waals surface area contributed by atoms with Crippen LogP contribution in [0, 0.1) is 0 Å². The highest BCUT2D eigenvalue weighted by Crippen LogP contribution is 2.18. The molecule has 0 fully saturated rings. The van der Waals surface area contributed by atoms with Crippen molar-refractivity contribution >= 4 is 30.1 Å². The molecule has 0 saturated heterocycles. The molecule has 5 heteroatoms. The SMILES string of the molecule is CCC(CC)(CN)NC(=O)CSc1ccccc1.Cl. The van der Waals surface area contributed by atoms with Gasteiger partial charge in [-0.25, -0.2) is 0 Å². The summed E-state index contributed by atoms with van der Waals surface area (Å²) in [6.07, 6.45) is 1.73. The van der Waals surface area contributed by atoms with E-state index in [9.17, 15) is 4.79 Å². The van der Waals surface area contributed by atoms with Crippen LogP contribution in [0.3, 0.4) is 0 Å². The number of hydrogen-bond donors (Lipinski definition) is 2. The van der Waals surface area contributed by atoms with E-state index in [0.29, 0.717) is 12.3 Å². The van der Waals surface area contributed by atoms with E-state index in [0.717, 1.165) is 17.7 Å². The number of thioether (sulfide) groups is 1. The average molecular weight is 303 g/mol. The minimum Gasteiger partial charge on any atom is -0.349 e. The van der Waals surface area contributed by atoms with Gasteiger partial charge in [0.05, 0.1) is 11.3 Å². The van der Waals surface area contributed by atoms with Crippen molar-refractivity contribution < 1.29 is 4.79 Å². The molecule has 1 aromatic carbocycles. The Kier molecular flexibility index (Phi) is 8.89. The lowest BCUT2D eigenvalue weighted by Crippen LogP contribution is -2.53. The second kappa shape index (κ2) is 9.23. The molecular formula is C14H23ClN2OS. The maximum Gasteiger partial charge on any atom is 0.230 e. The van der Waals surface area contributed by atoms with Gasteiger partial charge in [0.2, 0.25) is 5.91 Å². The van der Waals surface area contributed by atoms with Gasteiger partial charge < -0.3 is 11.1 Å². The third-order valence-corrected chi connectivity index (χ3v) is 4.27. The maximum absolute atomic E-state index is 11.9. The molecule has 3 N–H and O–H groups in total. The van der Waals surface area contributed by atoms with Crippen molar-refractivity contribution in [3.05, 3.63) is 30.3 Å². The topological polar surface area (TPSA) is 55.1 Å². The monoisotopic (exact) mass is 302 g/mol. The molecule has 0 radical (unpaired) electrons. The van der Waals surface area contributed by atoms with Crippen molar-refractivity contribution in [3.63, 3.8) is 0 Å². The first-order valence-corrected chi connectivity index (χ1v) is 7.33. The Bertz CT molecular complexity index is 361. The number of carbonyl (C=O) groups is 1. The van der Waals surface area contributed by atoms with Gasteiger partial charge in [0.15, 0.2) is 0 Å². The molecule has 0 aliphatic carbocycles. The van der Waals surface area contributed by atoms with Crippen LogP contribution in [-0.4, -0.2) is 23.7 Å². The molecule has 0 saturated carbocycles. The lowest BCUT2D eigenvalue weighted by Gasteiger charge is -2.31. The molecular weight excluding hydrogens is 280 g/mol. The van der Waals surface area contributed by atoms with Crippen molar-refractivity contribution in [2.45, 2.75) is 37.1 Å². The summed E-state index contributed by atoms with van der Waals surface area (Å²) in [6.45, 7) is 4.60. The molecule has 0 bridgehead atoms. The Labute approximate surface area is 126 Å². The van der Waals surface area contributed by atoms with E-state index in [2.05, 4.69) is 19.2 Å². The van der Waals surface area contributed by atoms with Gasteiger partial charge >= 0.3 is 0 Å². The largest absolute Gasteiger partial charge is 0.349 e. The lowest BCUT2D eigenvalue weighted by atomic mass is 9.93. The highest BCUT2D eigenvalue weighted by molar-refractivity contribution is 8.00. The van der Waals surface area contributed by atoms with Crippen molar-refractivity contribution in [3.8, 4) is 0 Å². The fourth-order valence-electron chi connectivity index (χ4n) is 1.76. The van der Waals surface area contributed by atoms with Gasteiger partial charge in [0.25, 0.3) is 0 Å². The van der Waals surface area contributed by atoms with Gasteiger partial charge in [-0.05, 0) is 25.0 Å². The van der Waals surface area contributed by atoms with Crippen LogP contribution in [0.25, 0.3) is 0 Å². The van der Waals surface area contributed by atoms with E-state index in [1.165, 1.54) is 0 Å². The Morgan fingerprint density at radius 1 is 1.26 bits per heavy atom. The van der Waals surface area contributed by atoms with Gasteiger partial charge in [-0.2, -0.15) is 0 Å². The van der Waals surface area contributed by atoms with Gasteiger partial charge in [-0.15, -0.1) is 24.2 Å². The molecule has 0 aliphatic heterocycles. The molecule has 0 aliphatic rings. The smallest absolute Gasteiger partial charge is 0.230 e. The van der Waals surface area contributed by atoms with Crippen LogP contribution in [0.15, 0.2) is 35.2 Å². The summed E-state index contributed by atoms with van der Waals surface area (Å²) in [6, 6.07) is 9.93. The van der Waals surface area contributed by atoms with E-state index in [1.807, 2.05) is 30.3 Å². The molecule has 19 heavy (non-hydrogen) atoms. The normalized spacial score (nSPS) is 10.7. The Balaban J connectivity index is 0.00000324. The number of rotatable bonds is 7. The quantitative estimate of drug-likeness (QED) is 0.762. The first kappa shape index (κ1) is 18.3. The third kappa shape index (κ3) is 5.85. The zero-order chi connectivity index (χ0) is 13.4. The minimum atomic E-state index is -0.242. The zero-order valence-electron chi connectivity index (χ0n) is 11.5.